The van der Waals surface area contributed by atoms with Crippen LogP contribution in [0.15, 0.2) is 36.5 Å². The summed E-state index contributed by atoms with van der Waals surface area (Å²) in [7, 11) is 0. The second-order valence-corrected chi connectivity index (χ2v) is 4.82. The Morgan fingerprint density at radius 2 is 2.26 bits per heavy atom. The fourth-order valence-electron chi connectivity index (χ4n) is 1.85. The molecule has 1 aromatic heterocycles. The molecule has 1 heterocycles. The van der Waals surface area contributed by atoms with Crippen LogP contribution in [0.25, 0.3) is 11.3 Å². The van der Waals surface area contributed by atoms with Crippen molar-refractivity contribution >= 4 is 11.6 Å². The number of anilines is 1. The Hall–Kier alpha value is -2.10. The number of aromatic amines is 1. The molecular weight excluding hydrogens is 238 g/mol. The number of carbonyl (C=O) groups excluding carboxylic acids is 1. The zero-order chi connectivity index (χ0) is 13.7. The summed E-state index contributed by atoms with van der Waals surface area (Å²) in [5.74, 6) is 0.479. The van der Waals surface area contributed by atoms with Crippen LogP contribution in [0.3, 0.4) is 0 Å². The van der Waals surface area contributed by atoms with Crippen LogP contribution in [0.2, 0.25) is 0 Å². The van der Waals surface area contributed by atoms with E-state index in [0.717, 1.165) is 23.4 Å². The lowest BCUT2D eigenvalue weighted by atomic mass is 10.0. The van der Waals surface area contributed by atoms with Gasteiger partial charge in [-0.2, -0.15) is 5.10 Å². The van der Waals surface area contributed by atoms with E-state index < -0.39 is 0 Å². The molecule has 0 saturated carbocycles. The Morgan fingerprint density at radius 1 is 1.42 bits per heavy atom. The molecule has 2 rings (SSSR count). The Labute approximate surface area is 113 Å². The minimum absolute atomic E-state index is 0.0658. The molecule has 2 N–H and O–H groups in total. The Kier molecular flexibility index (Phi) is 4.34. The molecule has 0 radical (unpaired) electrons. The minimum Gasteiger partial charge on any atom is -0.326 e. The molecule has 4 heteroatoms. The second-order valence-electron chi connectivity index (χ2n) is 4.82. The lowest BCUT2D eigenvalue weighted by Gasteiger charge is -2.10. The molecule has 0 aliphatic rings. The number of hydrogen-bond acceptors (Lipinski definition) is 2. The highest BCUT2D eigenvalue weighted by atomic mass is 16.1. The highest BCUT2D eigenvalue weighted by Crippen LogP contribution is 2.20. The Morgan fingerprint density at radius 3 is 2.95 bits per heavy atom. The van der Waals surface area contributed by atoms with Gasteiger partial charge < -0.3 is 5.32 Å². The van der Waals surface area contributed by atoms with Crippen molar-refractivity contribution in [2.24, 2.45) is 5.92 Å². The van der Waals surface area contributed by atoms with Crippen LogP contribution in [0.1, 0.15) is 26.7 Å². The normalized spacial score (nSPS) is 12.1. The van der Waals surface area contributed by atoms with Crippen molar-refractivity contribution in [3.8, 4) is 11.3 Å². The smallest absolute Gasteiger partial charge is 0.224 e. The van der Waals surface area contributed by atoms with E-state index in [-0.39, 0.29) is 5.91 Å². The monoisotopic (exact) mass is 257 g/mol. The van der Waals surface area contributed by atoms with Gasteiger partial charge in [-0.3, -0.25) is 9.89 Å². The van der Waals surface area contributed by atoms with Gasteiger partial charge in [0.1, 0.15) is 0 Å². The maximum Gasteiger partial charge on any atom is 0.224 e. The van der Waals surface area contributed by atoms with Crippen molar-refractivity contribution in [3.05, 3.63) is 36.5 Å². The number of carbonyl (C=O) groups is 1. The first-order valence-corrected chi connectivity index (χ1v) is 6.58. The molecule has 100 valence electrons. The Balaban J connectivity index is 2.05. The minimum atomic E-state index is 0.0658. The molecule has 0 aliphatic carbocycles. The van der Waals surface area contributed by atoms with Crippen molar-refractivity contribution in [3.63, 3.8) is 0 Å². The van der Waals surface area contributed by atoms with Gasteiger partial charge in [0.05, 0.1) is 5.69 Å². The highest BCUT2D eigenvalue weighted by Gasteiger charge is 2.08. The molecule has 2 aromatic rings. The van der Waals surface area contributed by atoms with Gasteiger partial charge >= 0.3 is 0 Å². The van der Waals surface area contributed by atoms with E-state index in [0.29, 0.717) is 12.3 Å². The second kappa shape index (κ2) is 6.18. The molecule has 19 heavy (non-hydrogen) atoms. The molecule has 0 bridgehead atoms. The lowest BCUT2D eigenvalue weighted by Crippen LogP contribution is -2.14. The van der Waals surface area contributed by atoms with Crippen LogP contribution in [-0.2, 0) is 4.79 Å². The van der Waals surface area contributed by atoms with Crippen LogP contribution in [0.5, 0.6) is 0 Å². The summed E-state index contributed by atoms with van der Waals surface area (Å²) < 4.78 is 0. The number of benzene rings is 1. The fourth-order valence-corrected chi connectivity index (χ4v) is 1.85. The Bertz CT molecular complexity index is 534. The highest BCUT2D eigenvalue weighted by molar-refractivity contribution is 5.91. The summed E-state index contributed by atoms with van der Waals surface area (Å²) in [4.78, 5) is 11.8. The van der Waals surface area contributed by atoms with Crippen molar-refractivity contribution in [2.75, 3.05) is 5.32 Å². The molecule has 4 nitrogen and oxygen atoms in total. The number of nitrogens with zero attached hydrogens (tertiary/aromatic N) is 1. The molecule has 0 fully saturated rings. The molecule has 0 aliphatic heterocycles. The predicted octanol–water partition coefficient (Wildman–Crippen LogP) is 3.45. The zero-order valence-electron chi connectivity index (χ0n) is 11.3. The van der Waals surface area contributed by atoms with Crippen LogP contribution in [-0.4, -0.2) is 16.1 Å². The van der Waals surface area contributed by atoms with E-state index in [9.17, 15) is 4.79 Å². The summed E-state index contributed by atoms with van der Waals surface area (Å²) >= 11 is 0. The van der Waals surface area contributed by atoms with E-state index in [1.807, 2.05) is 30.3 Å². The van der Waals surface area contributed by atoms with Crippen LogP contribution < -0.4 is 5.32 Å². The lowest BCUT2D eigenvalue weighted by molar-refractivity contribution is -0.117. The fraction of sp³-hybridized carbons (Fsp3) is 0.333. The van der Waals surface area contributed by atoms with Crippen LogP contribution in [0.4, 0.5) is 5.69 Å². The van der Waals surface area contributed by atoms with Gasteiger partial charge in [-0.15, -0.1) is 0 Å². The summed E-state index contributed by atoms with van der Waals surface area (Å²) in [6, 6.07) is 9.66. The zero-order valence-corrected chi connectivity index (χ0v) is 11.3. The number of amides is 1. The third-order valence-electron chi connectivity index (χ3n) is 3.19. The molecule has 0 saturated heterocycles. The van der Waals surface area contributed by atoms with E-state index >= 15 is 0 Å². The summed E-state index contributed by atoms with van der Waals surface area (Å²) in [5.41, 5.74) is 2.78. The molecule has 1 atom stereocenters. The van der Waals surface area contributed by atoms with Gasteiger partial charge in [0.25, 0.3) is 0 Å². The average molecular weight is 257 g/mol. The van der Waals surface area contributed by atoms with Crippen LogP contribution in [0, 0.1) is 5.92 Å². The maximum atomic E-state index is 11.8. The van der Waals surface area contributed by atoms with Crippen molar-refractivity contribution < 1.29 is 4.79 Å². The first-order chi connectivity index (χ1) is 9.19. The molecule has 1 amide bonds. The van der Waals surface area contributed by atoms with Gasteiger partial charge in [0, 0.05) is 23.9 Å². The number of nitrogens with one attached hydrogen (secondary N) is 2. The van der Waals surface area contributed by atoms with Gasteiger partial charge in [0.15, 0.2) is 0 Å². The summed E-state index contributed by atoms with van der Waals surface area (Å²) in [6.45, 7) is 4.18. The SMILES string of the molecule is CCC(C)CC(=O)Nc1cccc(-c2ccn[nH]2)c1. The van der Waals surface area contributed by atoms with Gasteiger partial charge in [-0.05, 0) is 24.1 Å². The average Bonchev–Trinajstić information content (AvgIpc) is 2.92. The number of rotatable bonds is 5. The summed E-state index contributed by atoms with van der Waals surface area (Å²) in [5, 5.41) is 9.78. The van der Waals surface area contributed by atoms with E-state index in [2.05, 4.69) is 29.4 Å². The van der Waals surface area contributed by atoms with Crippen molar-refractivity contribution in [1.29, 1.82) is 0 Å². The quantitative estimate of drug-likeness (QED) is 0.861. The first kappa shape index (κ1) is 13.3. The third-order valence-corrected chi connectivity index (χ3v) is 3.19. The number of aromatic nitrogens is 2. The van der Waals surface area contributed by atoms with E-state index in [1.54, 1.807) is 6.20 Å². The van der Waals surface area contributed by atoms with Gasteiger partial charge in [-0.25, -0.2) is 0 Å². The van der Waals surface area contributed by atoms with E-state index in [4.69, 9.17) is 0 Å². The number of H-pyrrole nitrogens is 1. The molecule has 1 aromatic carbocycles. The topological polar surface area (TPSA) is 57.8 Å². The van der Waals surface area contributed by atoms with Crippen molar-refractivity contribution in [1.82, 2.24) is 10.2 Å². The number of hydrogen-bond donors (Lipinski definition) is 2. The third kappa shape index (κ3) is 3.68. The molecular formula is C15H19N3O. The molecule has 0 spiro atoms. The van der Waals surface area contributed by atoms with Crippen LogP contribution >= 0.6 is 0 Å². The van der Waals surface area contributed by atoms with Gasteiger partial charge in [-0.1, -0.05) is 32.4 Å². The maximum absolute atomic E-state index is 11.8. The largest absolute Gasteiger partial charge is 0.326 e. The first-order valence-electron chi connectivity index (χ1n) is 6.58. The van der Waals surface area contributed by atoms with E-state index in [1.165, 1.54) is 0 Å². The summed E-state index contributed by atoms with van der Waals surface area (Å²) in [6.07, 6.45) is 3.29. The standard InChI is InChI=1S/C15H19N3O/c1-3-11(2)9-15(19)17-13-6-4-5-12(10-13)14-7-8-16-18-14/h4-8,10-11H,3,9H2,1-2H3,(H,16,18)(H,17,19). The predicted molar refractivity (Wildman–Crippen MR) is 76.7 cm³/mol. The van der Waals surface area contributed by atoms with Gasteiger partial charge in [0.2, 0.25) is 5.91 Å². The van der Waals surface area contributed by atoms with Crippen molar-refractivity contribution in [2.45, 2.75) is 26.7 Å². The molecule has 1 unspecified atom stereocenters.